The van der Waals surface area contributed by atoms with Gasteiger partial charge in [0.25, 0.3) is 0 Å². The van der Waals surface area contributed by atoms with Crippen LogP contribution < -0.4 is 5.32 Å². The van der Waals surface area contributed by atoms with E-state index in [1.54, 1.807) is 0 Å². The summed E-state index contributed by atoms with van der Waals surface area (Å²) in [7, 11) is 0. The minimum Gasteiger partial charge on any atom is -0.353 e. The highest BCUT2D eigenvalue weighted by atomic mass is 15.2. The lowest BCUT2D eigenvalue weighted by atomic mass is 10.0. The fourth-order valence-electron chi connectivity index (χ4n) is 1.83. The predicted octanol–water partition coefficient (Wildman–Crippen LogP) is 2.84. The van der Waals surface area contributed by atoms with Crippen molar-refractivity contribution in [1.82, 2.24) is 15.2 Å². The number of anilines is 1. The fraction of sp³-hybridized carbons (Fsp3) is 0.769. The molecule has 0 radical (unpaired) electrons. The quantitative estimate of drug-likeness (QED) is 0.791. The topological polar surface area (TPSA) is 50.7 Å². The molecule has 0 aliphatic carbocycles. The van der Waals surface area contributed by atoms with Gasteiger partial charge in [0.1, 0.15) is 0 Å². The van der Waals surface area contributed by atoms with Crippen LogP contribution in [0.5, 0.6) is 0 Å². The molecule has 1 heterocycles. The monoisotopic (exact) mass is 236 g/mol. The van der Waals surface area contributed by atoms with Crippen LogP contribution in [0.25, 0.3) is 0 Å². The van der Waals surface area contributed by atoms with E-state index in [-0.39, 0.29) is 0 Å². The Morgan fingerprint density at radius 1 is 0.941 bits per heavy atom. The van der Waals surface area contributed by atoms with E-state index in [1.807, 2.05) is 0 Å². The fourth-order valence-corrected chi connectivity index (χ4v) is 1.83. The lowest BCUT2D eigenvalue weighted by Crippen LogP contribution is -2.16. The van der Waals surface area contributed by atoms with Crippen LogP contribution in [0, 0.1) is 5.92 Å². The van der Waals surface area contributed by atoms with E-state index in [1.165, 1.54) is 12.8 Å². The van der Waals surface area contributed by atoms with Gasteiger partial charge in [-0.25, -0.2) is 4.98 Å². The molecule has 1 aromatic rings. The third-order valence-electron chi connectivity index (χ3n) is 3.21. The molecule has 0 atom stereocenters. The first-order valence-electron chi connectivity index (χ1n) is 6.71. The summed E-state index contributed by atoms with van der Waals surface area (Å²) < 4.78 is 0. The highest BCUT2D eigenvalue weighted by molar-refractivity contribution is 5.25. The molecule has 96 valence electrons. The first-order chi connectivity index (χ1) is 8.24. The van der Waals surface area contributed by atoms with Gasteiger partial charge in [-0.2, -0.15) is 5.10 Å². The molecule has 0 aliphatic rings. The van der Waals surface area contributed by atoms with E-state index in [2.05, 4.69) is 48.2 Å². The predicted molar refractivity (Wildman–Crippen MR) is 71.1 cm³/mol. The second kappa shape index (κ2) is 7.20. The van der Waals surface area contributed by atoms with Crippen LogP contribution >= 0.6 is 0 Å². The van der Waals surface area contributed by atoms with Crippen LogP contribution in [0.15, 0.2) is 0 Å². The first-order valence-corrected chi connectivity index (χ1v) is 6.71. The molecule has 4 nitrogen and oxygen atoms in total. The largest absolute Gasteiger partial charge is 0.353 e. The van der Waals surface area contributed by atoms with Gasteiger partial charge in [-0.15, -0.1) is 5.10 Å². The van der Waals surface area contributed by atoms with E-state index in [9.17, 15) is 0 Å². The Kier molecular flexibility index (Phi) is 5.87. The van der Waals surface area contributed by atoms with Crippen LogP contribution in [-0.4, -0.2) is 21.7 Å². The lowest BCUT2D eigenvalue weighted by Gasteiger charge is -2.13. The van der Waals surface area contributed by atoms with Crippen molar-refractivity contribution in [3.63, 3.8) is 0 Å². The molecule has 0 aromatic carbocycles. The zero-order chi connectivity index (χ0) is 12.7. The van der Waals surface area contributed by atoms with Gasteiger partial charge in [0, 0.05) is 6.54 Å². The van der Waals surface area contributed by atoms with Crippen LogP contribution in [0.3, 0.4) is 0 Å². The van der Waals surface area contributed by atoms with Crippen LogP contribution in [0.1, 0.15) is 51.9 Å². The van der Waals surface area contributed by atoms with Crippen molar-refractivity contribution >= 4 is 5.95 Å². The number of hydrogen-bond acceptors (Lipinski definition) is 4. The normalized spacial score (nSPS) is 10.9. The van der Waals surface area contributed by atoms with Crippen molar-refractivity contribution in [3.8, 4) is 0 Å². The third-order valence-corrected chi connectivity index (χ3v) is 3.21. The number of nitrogens with one attached hydrogen (secondary N) is 1. The summed E-state index contributed by atoms with van der Waals surface area (Å²) in [6, 6.07) is 0. The number of nitrogens with zero attached hydrogens (tertiary/aromatic N) is 3. The molecular weight excluding hydrogens is 212 g/mol. The van der Waals surface area contributed by atoms with Crippen molar-refractivity contribution in [2.24, 2.45) is 5.92 Å². The summed E-state index contributed by atoms with van der Waals surface area (Å²) >= 11 is 0. The Labute approximate surface area is 104 Å². The van der Waals surface area contributed by atoms with Gasteiger partial charge in [-0.3, -0.25) is 0 Å². The molecule has 1 rings (SSSR count). The SMILES string of the molecule is CCc1nnc(NCC(CC)CC)nc1CC. The van der Waals surface area contributed by atoms with Gasteiger partial charge in [0.05, 0.1) is 11.4 Å². The van der Waals surface area contributed by atoms with Crippen molar-refractivity contribution < 1.29 is 0 Å². The molecule has 1 aromatic heterocycles. The first kappa shape index (κ1) is 13.9. The van der Waals surface area contributed by atoms with Gasteiger partial charge in [-0.05, 0) is 18.8 Å². The average Bonchev–Trinajstić information content (AvgIpc) is 2.39. The van der Waals surface area contributed by atoms with Crippen LogP contribution in [0.4, 0.5) is 5.95 Å². The number of aromatic nitrogens is 3. The van der Waals surface area contributed by atoms with E-state index < -0.39 is 0 Å². The molecule has 17 heavy (non-hydrogen) atoms. The number of aryl methyl sites for hydroxylation is 2. The Morgan fingerprint density at radius 2 is 1.59 bits per heavy atom. The summed E-state index contributed by atoms with van der Waals surface area (Å²) in [5.41, 5.74) is 2.08. The van der Waals surface area contributed by atoms with Crippen LogP contribution in [0.2, 0.25) is 0 Å². The maximum absolute atomic E-state index is 4.52. The molecule has 0 spiro atoms. The highest BCUT2D eigenvalue weighted by Gasteiger charge is 2.07. The molecule has 4 heteroatoms. The second-order valence-electron chi connectivity index (χ2n) is 4.30. The van der Waals surface area contributed by atoms with Crippen molar-refractivity contribution in [2.75, 3.05) is 11.9 Å². The lowest BCUT2D eigenvalue weighted by molar-refractivity contribution is 0.517. The second-order valence-corrected chi connectivity index (χ2v) is 4.30. The van der Waals surface area contributed by atoms with Gasteiger partial charge in [-0.1, -0.05) is 40.5 Å². The Balaban J connectivity index is 2.66. The summed E-state index contributed by atoms with van der Waals surface area (Å²) in [5.74, 6) is 1.36. The molecule has 0 unspecified atom stereocenters. The van der Waals surface area contributed by atoms with Crippen molar-refractivity contribution in [3.05, 3.63) is 11.4 Å². The van der Waals surface area contributed by atoms with Gasteiger partial charge in [0.15, 0.2) is 0 Å². The molecule has 0 aliphatic heterocycles. The number of rotatable bonds is 7. The smallest absolute Gasteiger partial charge is 0.242 e. The van der Waals surface area contributed by atoms with Gasteiger partial charge < -0.3 is 5.32 Å². The summed E-state index contributed by atoms with van der Waals surface area (Å²) in [5, 5.41) is 11.6. The minimum absolute atomic E-state index is 0.672. The molecule has 0 saturated carbocycles. The third kappa shape index (κ3) is 3.95. The Bertz CT molecular complexity index is 334. The van der Waals surface area contributed by atoms with Crippen molar-refractivity contribution in [2.45, 2.75) is 53.4 Å². The summed E-state index contributed by atoms with van der Waals surface area (Å²) in [4.78, 5) is 4.52. The van der Waals surface area contributed by atoms with Crippen LogP contribution in [-0.2, 0) is 12.8 Å². The Morgan fingerprint density at radius 3 is 2.12 bits per heavy atom. The number of hydrogen-bond donors (Lipinski definition) is 1. The highest BCUT2D eigenvalue weighted by Crippen LogP contribution is 2.10. The summed E-state index contributed by atoms with van der Waals surface area (Å²) in [6.07, 6.45) is 4.18. The molecule has 1 N–H and O–H groups in total. The van der Waals surface area contributed by atoms with Gasteiger partial charge >= 0.3 is 0 Å². The maximum atomic E-state index is 4.52. The van der Waals surface area contributed by atoms with E-state index >= 15 is 0 Å². The molecule has 0 amide bonds. The van der Waals surface area contributed by atoms with Crippen molar-refractivity contribution in [1.29, 1.82) is 0 Å². The van der Waals surface area contributed by atoms with E-state index in [4.69, 9.17) is 0 Å². The minimum atomic E-state index is 0.672. The zero-order valence-corrected chi connectivity index (χ0v) is 11.5. The standard InChI is InChI=1S/C13H24N4/c1-5-10(6-2)9-14-13-15-11(7-3)12(8-4)16-17-13/h10H,5-9H2,1-4H3,(H,14,15,17). The molecular formula is C13H24N4. The molecule has 0 fully saturated rings. The van der Waals surface area contributed by atoms with Gasteiger partial charge in [0.2, 0.25) is 5.95 Å². The zero-order valence-electron chi connectivity index (χ0n) is 11.5. The van der Waals surface area contributed by atoms with E-state index in [0.717, 1.165) is 30.8 Å². The molecule has 0 saturated heterocycles. The average molecular weight is 236 g/mol. The summed E-state index contributed by atoms with van der Waals surface area (Å²) in [6.45, 7) is 9.55. The Hall–Kier alpha value is -1.19. The van der Waals surface area contributed by atoms with E-state index in [0.29, 0.717) is 11.9 Å². The maximum Gasteiger partial charge on any atom is 0.242 e. The molecule has 0 bridgehead atoms.